The number of carbonyl (C=O) groups excluding carboxylic acids is 3. The van der Waals surface area contributed by atoms with Crippen molar-refractivity contribution in [1.82, 2.24) is 5.32 Å². The van der Waals surface area contributed by atoms with Crippen LogP contribution >= 0.6 is 31.9 Å². The third-order valence-electron chi connectivity index (χ3n) is 5.36. The molecule has 0 unspecified atom stereocenters. The fourth-order valence-corrected chi connectivity index (χ4v) is 4.43. The molecule has 0 aromatic heterocycles. The molecule has 0 bridgehead atoms. The van der Waals surface area contributed by atoms with Gasteiger partial charge in [0, 0.05) is 16.6 Å². The summed E-state index contributed by atoms with van der Waals surface area (Å²) in [5.74, 6) is -0.920. The Hall–Kier alpha value is -4.03. The van der Waals surface area contributed by atoms with E-state index in [2.05, 4.69) is 37.2 Å². The summed E-state index contributed by atoms with van der Waals surface area (Å²) < 4.78 is 13.2. The van der Waals surface area contributed by atoms with Crippen molar-refractivity contribution in [2.24, 2.45) is 0 Å². The van der Waals surface area contributed by atoms with Gasteiger partial charge in [-0.05, 0) is 76.5 Å². The highest BCUT2D eigenvalue weighted by atomic mass is 79.9. The van der Waals surface area contributed by atoms with Crippen molar-refractivity contribution in [2.75, 3.05) is 11.5 Å². The van der Waals surface area contributed by atoms with Crippen LogP contribution in [0.15, 0.2) is 75.2 Å². The number of ether oxygens (including phenoxy) is 2. The van der Waals surface area contributed by atoms with Gasteiger partial charge in [-0.1, -0.05) is 28.1 Å². The second-order valence-corrected chi connectivity index (χ2v) is 9.68. The van der Waals surface area contributed by atoms with E-state index < -0.39 is 22.8 Å². The number of amides is 4. The van der Waals surface area contributed by atoms with Crippen LogP contribution in [0.25, 0.3) is 6.08 Å². The Morgan fingerprint density at radius 2 is 1.68 bits per heavy atom. The number of nitro benzene ring substituents is 1. The Balaban J connectivity index is 1.64. The molecular formula is C26H19Br2N3O7. The maximum absolute atomic E-state index is 13.2. The molecule has 12 heteroatoms. The third-order valence-corrected chi connectivity index (χ3v) is 6.48. The molecule has 4 rings (SSSR count). The molecule has 3 aromatic carbocycles. The van der Waals surface area contributed by atoms with Gasteiger partial charge in [0.1, 0.15) is 12.2 Å². The minimum absolute atomic E-state index is 0.0735. The van der Waals surface area contributed by atoms with Crippen molar-refractivity contribution < 1.29 is 28.8 Å². The number of carbonyl (C=O) groups is 3. The highest BCUT2D eigenvalue weighted by Gasteiger charge is 2.37. The summed E-state index contributed by atoms with van der Waals surface area (Å²) in [5.41, 5.74) is 0.938. The number of nitrogens with one attached hydrogen (secondary N) is 1. The average Bonchev–Trinajstić information content (AvgIpc) is 2.87. The Labute approximate surface area is 233 Å². The number of benzene rings is 3. The number of nitrogens with zero attached hydrogens (tertiary/aromatic N) is 2. The average molecular weight is 645 g/mol. The summed E-state index contributed by atoms with van der Waals surface area (Å²) in [7, 11) is 0. The van der Waals surface area contributed by atoms with Gasteiger partial charge in [0.05, 0.1) is 21.7 Å². The van der Waals surface area contributed by atoms with Crippen LogP contribution in [0, 0.1) is 10.1 Å². The van der Waals surface area contributed by atoms with E-state index in [-0.39, 0.29) is 23.6 Å². The predicted octanol–water partition coefficient (Wildman–Crippen LogP) is 5.76. The Morgan fingerprint density at radius 1 is 1.00 bits per heavy atom. The lowest BCUT2D eigenvalue weighted by Crippen LogP contribution is -2.54. The first-order chi connectivity index (χ1) is 18.2. The van der Waals surface area contributed by atoms with Gasteiger partial charge in [-0.15, -0.1) is 0 Å². The molecule has 1 aliphatic rings. The largest absolute Gasteiger partial charge is 0.490 e. The van der Waals surface area contributed by atoms with E-state index in [0.717, 1.165) is 27.1 Å². The first kappa shape index (κ1) is 27.0. The number of hydrogen-bond donors (Lipinski definition) is 1. The van der Waals surface area contributed by atoms with E-state index in [1.807, 2.05) is 31.2 Å². The molecule has 0 saturated carbocycles. The number of urea groups is 1. The highest BCUT2D eigenvalue weighted by Crippen LogP contribution is 2.38. The van der Waals surface area contributed by atoms with Crippen LogP contribution in [-0.4, -0.2) is 29.4 Å². The van der Waals surface area contributed by atoms with Gasteiger partial charge in [-0.2, -0.15) is 0 Å². The summed E-state index contributed by atoms with van der Waals surface area (Å²) in [5, 5.41) is 13.1. The van der Waals surface area contributed by atoms with Crippen LogP contribution in [0.4, 0.5) is 16.2 Å². The van der Waals surface area contributed by atoms with Gasteiger partial charge < -0.3 is 9.47 Å². The van der Waals surface area contributed by atoms with Crippen LogP contribution < -0.4 is 19.7 Å². The zero-order valence-corrected chi connectivity index (χ0v) is 22.9. The summed E-state index contributed by atoms with van der Waals surface area (Å²) in [6.45, 7) is 2.42. The molecule has 4 amide bonds. The van der Waals surface area contributed by atoms with E-state index in [1.54, 1.807) is 12.1 Å². The fraction of sp³-hybridized carbons (Fsp3) is 0.115. The van der Waals surface area contributed by atoms with Gasteiger partial charge >= 0.3 is 6.03 Å². The zero-order chi connectivity index (χ0) is 27.4. The molecule has 0 aliphatic carbocycles. The van der Waals surface area contributed by atoms with Crippen molar-refractivity contribution in [3.63, 3.8) is 0 Å². The topological polar surface area (TPSA) is 128 Å². The fourth-order valence-electron chi connectivity index (χ4n) is 3.59. The monoisotopic (exact) mass is 643 g/mol. The number of imide groups is 2. The van der Waals surface area contributed by atoms with Gasteiger partial charge in [-0.25, -0.2) is 9.69 Å². The highest BCUT2D eigenvalue weighted by molar-refractivity contribution is 9.10. The standard InChI is InChI=1S/C26H19Br2N3O7/c1-2-37-22-13-16(12-21(28)23(22)38-14-15-3-5-17(27)6-4-15)11-20-24(32)29-26(34)30(25(20)33)18-7-9-19(10-8-18)31(35)36/h3-13H,2,14H2,1H3,(H,29,32,34)/b20-11+. The van der Waals surface area contributed by atoms with Gasteiger partial charge in [0.2, 0.25) is 0 Å². The molecule has 1 fully saturated rings. The first-order valence-electron chi connectivity index (χ1n) is 11.2. The van der Waals surface area contributed by atoms with Crippen LogP contribution in [0.1, 0.15) is 18.1 Å². The maximum atomic E-state index is 13.2. The molecule has 3 aromatic rings. The minimum atomic E-state index is -0.959. The summed E-state index contributed by atoms with van der Waals surface area (Å²) in [6.07, 6.45) is 1.33. The van der Waals surface area contributed by atoms with E-state index in [9.17, 15) is 24.5 Å². The maximum Gasteiger partial charge on any atom is 0.335 e. The lowest BCUT2D eigenvalue weighted by Gasteiger charge is -2.26. The molecular weight excluding hydrogens is 626 g/mol. The summed E-state index contributed by atoms with van der Waals surface area (Å²) >= 11 is 6.88. The van der Waals surface area contributed by atoms with E-state index >= 15 is 0 Å². The Kier molecular flexibility index (Phi) is 8.23. The molecule has 1 aliphatic heterocycles. The molecule has 1 N–H and O–H groups in total. The molecule has 1 saturated heterocycles. The molecule has 194 valence electrons. The normalized spacial score (nSPS) is 14.4. The number of halogens is 2. The number of non-ortho nitro benzene ring substituents is 1. The quantitative estimate of drug-likeness (QED) is 0.143. The number of hydrogen-bond acceptors (Lipinski definition) is 7. The van der Waals surface area contributed by atoms with Crippen molar-refractivity contribution in [1.29, 1.82) is 0 Å². The third kappa shape index (κ3) is 5.92. The van der Waals surface area contributed by atoms with Crippen LogP contribution in [0.2, 0.25) is 0 Å². The lowest BCUT2D eigenvalue weighted by atomic mass is 10.1. The smallest absolute Gasteiger partial charge is 0.335 e. The SMILES string of the molecule is CCOc1cc(/C=C2\C(=O)NC(=O)N(c3ccc([N+](=O)[O-])cc3)C2=O)cc(Br)c1OCc1ccc(Br)cc1. The Morgan fingerprint density at radius 3 is 2.32 bits per heavy atom. The Bertz CT molecular complexity index is 1450. The number of nitro groups is 1. The van der Waals surface area contributed by atoms with Gasteiger partial charge in [-0.3, -0.25) is 25.0 Å². The first-order valence-corrected chi connectivity index (χ1v) is 12.8. The zero-order valence-electron chi connectivity index (χ0n) is 19.8. The second kappa shape index (κ2) is 11.6. The van der Waals surface area contributed by atoms with E-state index in [0.29, 0.717) is 28.1 Å². The molecule has 0 radical (unpaired) electrons. The summed E-state index contributed by atoms with van der Waals surface area (Å²) in [6, 6.07) is 14.8. The van der Waals surface area contributed by atoms with Crippen LogP contribution in [0.5, 0.6) is 11.5 Å². The van der Waals surface area contributed by atoms with E-state index in [1.165, 1.54) is 18.2 Å². The molecule has 10 nitrogen and oxygen atoms in total. The van der Waals surface area contributed by atoms with Crippen LogP contribution in [-0.2, 0) is 16.2 Å². The second-order valence-electron chi connectivity index (χ2n) is 7.91. The van der Waals surface area contributed by atoms with E-state index in [4.69, 9.17) is 9.47 Å². The summed E-state index contributed by atoms with van der Waals surface area (Å²) in [4.78, 5) is 49.3. The number of barbiturate groups is 1. The minimum Gasteiger partial charge on any atom is -0.490 e. The van der Waals surface area contributed by atoms with Crippen LogP contribution in [0.3, 0.4) is 0 Å². The predicted molar refractivity (Wildman–Crippen MR) is 146 cm³/mol. The molecule has 38 heavy (non-hydrogen) atoms. The molecule has 0 spiro atoms. The van der Waals surface area contributed by atoms with Crippen molar-refractivity contribution >= 4 is 67.2 Å². The van der Waals surface area contributed by atoms with Gasteiger partial charge in [0.15, 0.2) is 11.5 Å². The van der Waals surface area contributed by atoms with Gasteiger partial charge in [0.25, 0.3) is 17.5 Å². The number of anilines is 1. The number of rotatable bonds is 8. The van der Waals surface area contributed by atoms with Crippen molar-refractivity contribution in [3.05, 3.63) is 96.4 Å². The van der Waals surface area contributed by atoms with Crippen molar-refractivity contribution in [2.45, 2.75) is 13.5 Å². The molecule has 0 atom stereocenters. The van der Waals surface area contributed by atoms with Crippen molar-refractivity contribution in [3.8, 4) is 11.5 Å². The lowest BCUT2D eigenvalue weighted by molar-refractivity contribution is -0.384. The molecule has 1 heterocycles.